The number of hydrogen-bond acceptors (Lipinski definition) is 8. The highest BCUT2D eigenvalue weighted by molar-refractivity contribution is 5.75. The Morgan fingerprint density at radius 2 is 1.68 bits per heavy atom. The molecule has 8 atom stereocenters. The van der Waals surface area contributed by atoms with Crippen LogP contribution in [0.3, 0.4) is 0 Å². The van der Waals surface area contributed by atoms with E-state index in [1.54, 1.807) is 20.8 Å². The fourth-order valence-corrected chi connectivity index (χ4v) is 6.34. The molecule has 0 amide bonds. The van der Waals surface area contributed by atoms with Crippen molar-refractivity contribution >= 4 is 11.8 Å². The Bertz CT molecular complexity index is 880. The molecule has 3 aliphatic heterocycles. The fraction of sp³-hybridized carbons (Fsp3) is 0.867. The van der Waals surface area contributed by atoms with Crippen molar-refractivity contribution in [3.8, 4) is 0 Å². The lowest BCUT2D eigenvalue weighted by atomic mass is 9.77. The van der Waals surface area contributed by atoms with Gasteiger partial charge in [0.15, 0.2) is 0 Å². The minimum absolute atomic E-state index is 0.0574. The van der Waals surface area contributed by atoms with Crippen molar-refractivity contribution in [2.24, 2.45) is 0 Å². The molecule has 0 aromatic carbocycles. The zero-order valence-electron chi connectivity index (χ0n) is 24.5. The lowest BCUT2D eigenvalue weighted by Gasteiger charge is -2.52. The van der Waals surface area contributed by atoms with Crippen molar-refractivity contribution in [2.75, 3.05) is 0 Å². The van der Waals surface area contributed by atoms with Crippen molar-refractivity contribution < 1.29 is 38.7 Å². The van der Waals surface area contributed by atoms with Crippen LogP contribution in [0.15, 0.2) is 12.2 Å². The number of hydrogen-bond donors (Lipinski definition) is 2. The van der Waals surface area contributed by atoms with Gasteiger partial charge in [-0.3, -0.25) is 4.79 Å². The van der Waals surface area contributed by atoms with Crippen molar-refractivity contribution in [2.45, 2.75) is 166 Å². The van der Waals surface area contributed by atoms with Crippen LogP contribution < -0.4 is 0 Å². The number of aliphatic hydroxyl groups is 2. The third-order valence-electron chi connectivity index (χ3n) is 9.05. The van der Waals surface area contributed by atoms with Crippen LogP contribution in [0.4, 0.5) is 0 Å². The minimum atomic E-state index is -0.937. The highest BCUT2D eigenvalue weighted by Crippen LogP contribution is 2.45. The number of aliphatic hydroxyl groups excluding tert-OH is 1. The molecule has 38 heavy (non-hydrogen) atoms. The molecule has 0 aliphatic carbocycles. The molecule has 2 N–H and O–H groups in total. The van der Waals surface area contributed by atoms with E-state index in [1.165, 1.54) is 6.92 Å². The van der Waals surface area contributed by atoms with E-state index in [1.807, 2.05) is 13.8 Å². The first-order valence-electron chi connectivity index (χ1n) is 14.3. The molecule has 8 heteroatoms. The summed E-state index contributed by atoms with van der Waals surface area (Å²) < 4.78 is 24.9. The summed E-state index contributed by atoms with van der Waals surface area (Å²) in [6, 6.07) is 0. The first kappa shape index (κ1) is 31.2. The minimum Gasteiger partial charge on any atom is -0.457 e. The summed E-state index contributed by atoms with van der Waals surface area (Å²) in [5.41, 5.74) is -2.01. The third-order valence-corrected chi connectivity index (χ3v) is 9.05. The lowest BCUT2D eigenvalue weighted by Crippen LogP contribution is -2.59. The zero-order chi connectivity index (χ0) is 28.5. The molecule has 8 unspecified atom stereocenters. The Morgan fingerprint density at radius 3 is 2.26 bits per heavy atom. The van der Waals surface area contributed by atoms with Gasteiger partial charge in [-0.05, 0) is 105 Å². The first-order chi connectivity index (χ1) is 17.5. The number of fused-ring (bicyclic) bond motifs is 1. The predicted molar refractivity (Wildman–Crippen MR) is 144 cm³/mol. The van der Waals surface area contributed by atoms with Gasteiger partial charge in [-0.2, -0.15) is 0 Å². The van der Waals surface area contributed by atoms with Gasteiger partial charge in [0, 0.05) is 13.3 Å². The van der Waals surface area contributed by atoms with Crippen LogP contribution in [-0.4, -0.2) is 74.9 Å². The van der Waals surface area contributed by atoms with Crippen molar-refractivity contribution in [3.63, 3.8) is 0 Å². The van der Waals surface area contributed by atoms with E-state index in [4.69, 9.17) is 18.9 Å². The molecule has 0 aromatic rings. The Kier molecular flexibility index (Phi) is 9.57. The SMILES string of the molecule is C=C(CCC(O)C1(C)CCC(C(C)(C)O)O1)C1CCC2OC(C(C)(CCC(C)=O)OC(C)=O)CCC2(C)O1. The van der Waals surface area contributed by atoms with Gasteiger partial charge in [0.05, 0.1) is 47.3 Å². The molecule has 3 heterocycles. The Balaban J connectivity index is 1.55. The molecule has 3 rings (SSSR count). The average molecular weight is 539 g/mol. The summed E-state index contributed by atoms with van der Waals surface area (Å²) in [4.78, 5) is 23.5. The summed E-state index contributed by atoms with van der Waals surface area (Å²) >= 11 is 0. The van der Waals surface area contributed by atoms with Crippen LogP contribution in [0.1, 0.15) is 113 Å². The number of rotatable bonds is 11. The molecule has 0 bridgehead atoms. The number of ketones is 1. The van der Waals surface area contributed by atoms with Crippen LogP contribution in [0.2, 0.25) is 0 Å². The average Bonchev–Trinajstić information content (AvgIpc) is 3.23. The second-order valence-electron chi connectivity index (χ2n) is 13.1. The zero-order valence-corrected chi connectivity index (χ0v) is 24.5. The van der Waals surface area contributed by atoms with Crippen molar-refractivity contribution in [1.82, 2.24) is 0 Å². The van der Waals surface area contributed by atoms with Gasteiger partial charge >= 0.3 is 5.97 Å². The number of ether oxygens (including phenoxy) is 4. The van der Waals surface area contributed by atoms with E-state index in [9.17, 15) is 19.8 Å². The molecule has 0 radical (unpaired) electrons. The van der Waals surface area contributed by atoms with E-state index in [2.05, 4.69) is 13.5 Å². The van der Waals surface area contributed by atoms with Crippen molar-refractivity contribution in [3.05, 3.63) is 12.2 Å². The molecule has 3 saturated heterocycles. The van der Waals surface area contributed by atoms with E-state index in [0.29, 0.717) is 38.5 Å². The van der Waals surface area contributed by atoms with Crippen LogP contribution in [0.25, 0.3) is 0 Å². The largest absolute Gasteiger partial charge is 0.457 e. The maximum Gasteiger partial charge on any atom is 0.303 e. The van der Waals surface area contributed by atoms with Crippen LogP contribution in [0.5, 0.6) is 0 Å². The molecular weight excluding hydrogens is 488 g/mol. The van der Waals surface area contributed by atoms with Gasteiger partial charge in [-0.1, -0.05) is 6.58 Å². The maximum atomic E-state index is 11.8. The number of carbonyl (C=O) groups is 2. The fourth-order valence-electron chi connectivity index (χ4n) is 6.34. The van der Waals surface area contributed by atoms with Crippen LogP contribution in [0, 0.1) is 0 Å². The summed E-state index contributed by atoms with van der Waals surface area (Å²) in [7, 11) is 0. The molecular formula is C30H50O8. The van der Waals surface area contributed by atoms with E-state index in [0.717, 1.165) is 31.3 Å². The van der Waals surface area contributed by atoms with E-state index < -0.39 is 28.5 Å². The standard InChI is InChI=1S/C30H50O8/c1-19(9-11-23(33)28(6)17-14-24(38-28)27(4,5)34)22-10-12-25-30(8,37-22)18-15-26(35-25)29(7,36-21(3)32)16-13-20(2)31/h22-26,33-34H,1,9-18H2,2-8H3. The van der Waals surface area contributed by atoms with Gasteiger partial charge in [0.2, 0.25) is 0 Å². The van der Waals surface area contributed by atoms with Gasteiger partial charge in [0.25, 0.3) is 0 Å². The van der Waals surface area contributed by atoms with Crippen LogP contribution in [-0.2, 0) is 28.5 Å². The molecule has 218 valence electrons. The highest BCUT2D eigenvalue weighted by atomic mass is 16.6. The molecule has 3 aliphatic rings. The number of Topliss-reactive ketones (excluding diaryl/α,β-unsaturated/α-hetero) is 1. The predicted octanol–water partition coefficient (Wildman–Crippen LogP) is 4.57. The topological polar surface area (TPSA) is 112 Å². The van der Waals surface area contributed by atoms with E-state index >= 15 is 0 Å². The Labute approximate surface area is 228 Å². The van der Waals surface area contributed by atoms with E-state index in [-0.39, 0.29) is 36.2 Å². The highest BCUT2D eigenvalue weighted by Gasteiger charge is 2.52. The summed E-state index contributed by atoms with van der Waals surface area (Å²) in [6.07, 6.45) is 4.75. The number of esters is 1. The molecule has 0 spiro atoms. The second kappa shape index (κ2) is 11.7. The summed E-state index contributed by atoms with van der Waals surface area (Å²) in [5.74, 6) is -0.319. The van der Waals surface area contributed by atoms with Crippen LogP contribution >= 0.6 is 0 Å². The smallest absolute Gasteiger partial charge is 0.303 e. The Hall–Kier alpha value is -1.32. The van der Waals surface area contributed by atoms with Gasteiger partial charge in [0.1, 0.15) is 11.4 Å². The molecule has 8 nitrogen and oxygen atoms in total. The summed E-state index contributed by atoms with van der Waals surface area (Å²) in [5, 5.41) is 21.3. The quantitative estimate of drug-likeness (QED) is 0.291. The molecule has 3 fully saturated rings. The molecule has 0 aromatic heterocycles. The third kappa shape index (κ3) is 7.25. The maximum absolute atomic E-state index is 11.8. The first-order valence-corrected chi connectivity index (χ1v) is 14.3. The van der Waals surface area contributed by atoms with Gasteiger partial charge in [-0.15, -0.1) is 0 Å². The van der Waals surface area contributed by atoms with Gasteiger partial charge < -0.3 is 34.0 Å². The summed E-state index contributed by atoms with van der Waals surface area (Å²) in [6.45, 7) is 16.6. The normalized spacial score (nSPS) is 36.1. The Morgan fingerprint density at radius 1 is 1.03 bits per heavy atom. The monoisotopic (exact) mass is 538 g/mol. The van der Waals surface area contributed by atoms with Crippen molar-refractivity contribution in [1.29, 1.82) is 0 Å². The lowest BCUT2D eigenvalue weighted by molar-refractivity contribution is -0.262. The second-order valence-corrected chi connectivity index (χ2v) is 13.1. The number of carbonyl (C=O) groups excluding carboxylic acids is 2. The van der Waals surface area contributed by atoms with Gasteiger partial charge in [-0.25, -0.2) is 0 Å². The molecule has 0 saturated carbocycles.